The molecule has 8 aromatic rings. The maximum Gasteiger partial charge on any atom is 0.0534 e. The van der Waals surface area contributed by atoms with Gasteiger partial charge in [-0.05, 0) is 134 Å². The van der Waals surface area contributed by atoms with Crippen molar-refractivity contribution < 1.29 is 0 Å². The molecule has 0 saturated heterocycles. The van der Waals surface area contributed by atoms with E-state index in [1.165, 1.54) is 94.9 Å². The second-order valence-electron chi connectivity index (χ2n) is 18.1. The van der Waals surface area contributed by atoms with Crippen LogP contribution in [0.2, 0.25) is 0 Å². The number of fused-ring (bicyclic) bond motifs is 8. The van der Waals surface area contributed by atoms with E-state index in [0.29, 0.717) is 5.92 Å². The van der Waals surface area contributed by atoms with Gasteiger partial charge in [-0.25, -0.2) is 0 Å². The summed E-state index contributed by atoms with van der Waals surface area (Å²) in [6, 6.07) is 64.8. The molecule has 2 nitrogen and oxygen atoms in total. The first-order chi connectivity index (χ1) is 31.5. The molecular formula is C62H48N2. The lowest BCUT2D eigenvalue weighted by Crippen LogP contribution is -2.33. The minimum Gasteiger partial charge on any atom is -0.310 e. The van der Waals surface area contributed by atoms with Gasteiger partial charge in [0.15, 0.2) is 0 Å². The van der Waals surface area contributed by atoms with Gasteiger partial charge in [-0.15, -0.1) is 0 Å². The summed E-state index contributed by atoms with van der Waals surface area (Å²) >= 11 is 0. The average molecular weight is 821 g/mol. The van der Waals surface area contributed by atoms with E-state index in [2.05, 4.69) is 254 Å². The maximum atomic E-state index is 2.60. The van der Waals surface area contributed by atoms with Crippen molar-refractivity contribution in [3.05, 3.63) is 255 Å². The highest BCUT2D eigenvalue weighted by molar-refractivity contribution is 5.97. The molecule has 0 radical (unpaired) electrons. The third-order valence-electron chi connectivity index (χ3n) is 14.2. The van der Waals surface area contributed by atoms with Crippen LogP contribution >= 0.6 is 0 Å². The number of benzene rings is 8. The Hall–Kier alpha value is -7.68. The molecular weight excluding hydrogens is 773 g/mol. The van der Waals surface area contributed by atoms with Crippen LogP contribution in [0, 0.1) is 12.8 Å². The molecule has 4 aliphatic rings. The van der Waals surface area contributed by atoms with Crippen molar-refractivity contribution in [2.75, 3.05) is 9.80 Å². The zero-order chi connectivity index (χ0) is 42.8. The van der Waals surface area contributed by atoms with Gasteiger partial charge >= 0.3 is 0 Å². The third-order valence-corrected chi connectivity index (χ3v) is 14.2. The lowest BCUT2D eigenvalue weighted by atomic mass is 9.68. The van der Waals surface area contributed by atoms with E-state index in [4.69, 9.17) is 0 Å². The summed E-state index contributed by atoms with van der Waals surface area (Å²) in [6.45, 7) is 4.78. The first-order valence-corrected chi connectivity index (χ1v) is 22.6. The lowest BCUT2D eigenvalue weighted by molar-refractivity contribution is 0.355. The summed E-state index contributed by atoms with van der Waals surface area (Å²) in [5.74, 6) is 0.564. The van der Waals surface area contributed by atoms with Crippen molar-refractivity contribution in [1.29, 1.82) is 0 Å². The van der Waals surface area contributed by atoms with Gasteiger partial charge in [0.2, 0.25) is 0 Å². The molecule has 0 spiro atoms. The first kappa shape index (κ1) is 38.0. The minimum atomic E-state index is -0.139. The summed E-state index contributed by atoms with van der Waals surface area (Å²) in [6.07, 6.45) is 22.0. The highest BCUT2D eigenvalue weighted by atomic mass is 15.2. The van der Waals surface area contributed by atoms with Crippen molar-refractivity contribution in [3.8, 4) is 0 Å². The second kappa shape index (κ2) is 15.3. The number of nitrogens with zero attached hydrogens (tertiary/aromatic N) is 2. The number of anilines is 5. The van der Waals surface area contributed by atoms with Crippen LogP contribution in [0.5, 0.6) is 0 Å². The van der Waals surface area contributed by atoms with E-state index in [0.717, 1.165) is 12.1 Å². The molecule has 3 unspecified atom stereocenters. The Morgan fingerprint density at radius 2 is 1.02 bits per heavy atom. The Morgan fingerprint density at radius 3 is 1.64 bits per heavy atom. The molecule has 2 heterocycles. The number of para-hydroxylation sites is 4. The van der Waals surface area contributed by atoms with Gasteiger partial charge in [-0.2, -0.15) is 0 Å². The monoisotopic (exact) mass is 820 g/mol. The quantitative estimate of drug-likeness (QED) is 0.154. The molecule has 2 heteroatoms. The molecule has 8 aromatic carbocycles. The normalized spacial score (nSPS) is 19.0. The zero-order valence-corrected chi connectivity index (χ0v) is 36.2. The Labute approximate surface area is 376 Å². The second-order valence-corrected chi connectivity index (χ2v) is 18.1. The van der Waals surface area contributed by atoms with E-state index >= 15 is 0 Å². The van der Waals surface area contributed by atoms with Gasteiger partial charge in [0, 0.05) is 22.7 Å². The number of hydrogen-bond acceptors (Lipinski definition) is 2. The highest BCUT2D eigenvalue weighted by Crippen LogP contribution is 2.56. The number of aryl methyl sites for hydroxylation is 1. The SMILES string of the molecule is Cc1ccccc1CC1(C)c2cc(/C=C/c3ccc4cc(N5c6ccccc6C=Cc6ccccc65)ccc4c3)ccc2C2C=CC(N3c4ccccc4C=Cc4ccccc43)=CC21. The molecule has 0 amide bonds. The predicted octanol–water partition coefficient (Wildman–Crippen LogP) is 16.3. The van der Waals surface area contributed by atoms with E-state index < -0.39 is 0 Å². The molecule has 0 bridgehead atoms. The summed E-state index contributed by atoms with van der Waals surface area (Å²) in [5, 5.41) is 2.45. The van der Waals surface area contributed by atoms with Crippen molar-refractivity contribution >= 4 is 75.7 Å². The molecule has 2 aliphatic carbocycles. The Bertz CT molecular complexity index is 3220. The average Bonchev–Trinajstić information content (AvgIpc) is 3.45. The van der Waals surface area contributed by atoms with Crippen molar-refractivity contribution in [3.63, 3.8) is 0 Å². The largest absolute Gasteiger partial charge is 0.310 e. The molecule has 0 N–H and O–H groups in total. The lowest BCUT2D eigenvalue weighted by Gasteiger charge is -2.37. The maximum absolute atomic E-state index is 2.60. The van der Waals surface area contributed by atoms with Gasteiger partial charge in [-0.1, -0.05) is 189 Å². The standard InChI is InChI=1S/C62H48N2/c1-42-13-3-4-18-51(42)41-62(2)56-38-44(26-35-54(56)55-36-34-53(40-57(55)62)64-60-21-11-7-16-47(60)30-31-48-17-8-12-22-61(48)64)24-23-43-25-27-50-39-52(33-32-49(50)37-43)63-58-19-9-5-14-45(58)28-29-46-15-6-10-20-59(46)63/h3-40,55,57H,41H2,1-2H3/b24-23+. The fourth-order valence-corrected chi connectivity index (χ4v) is 10.9. The van der Waals surface area contributed by atoms with E-state index in [9.17, 15) is 0 Å². The van der Waals surface area contributed by atoms with Gasteiger partial charge < -0.3 is 9.80 Å². The molecule has 64 heavy (non-hydrogen) atoms. The van der Waals surface area contributed by atoms with Crippen LogP contribution in [-0.4, -0.2) is 0 Å². The van der Waals surface area contributed by atoms with Crippen LogP contribution in [0.3, 0.4) is 0 Å². The molecule has 0 saturated carbocycles. The fraction of sp³-hybridized carbons (Fsp3) is 0.0968. The van der Waals surface area contributed by atoms with Crippen molar-refractivity contribution in [2.45, 2.75) is 31.6 Å². The van der Waals surface area contributed by atoms with Gasteiger partial charge in [-0.3, -0.25) is 0 Å². The summed E-state index contributed by atoms with van der Waals surface area (Å²) in [4.78, 5) is 4.88. The van der Waals surface area contributed by atoms with Crippen molar-refractivity contribution in [2.24, 2.45) is 5.92 Å². The summed E-state index contributed by atoms with van der Waals surface area (Å²) < 4.78 is 0. The van der Waals surface area contributed by atoms with Crippen molar-refractivity contribution in [1.82, 2.24) is 0 Å². The molecule has 0 aromatic heterocycles. The highest BCUT2D eigenvalue weighted by Gasteiger charge is 2.48. The van der Waals surface area contributed by atoms with E-state index in [-0.39, 0.29) is 11.3 Å². The third kappa shape index (κ3) is 6.40. The molecule has 2 aliphatic heterocycles. The Morgan fingerprint density at radius 1 is 0.500 bits per heavy atom. The zero-order valence-electron chi connectivity index (χ0n) is 36.2. The number of rotatable bonds is 6. The predicted molar refractivity (Wildman–Crippen MR) is 273 cm³/mol. The van der Waals surface area contributed by atoms with Crippen LogP contribution in [0.15, 0.2) is 200 Å². The minimum absolute atomic E-state index is 0.139. The Balaban J connectivity index is 0.891. The number of hydrogen-bond donors (Lipinski definition) is 0. The van der Waals surface area contributed by atoms with Gasteiger partial charge in [0.25, 0.3) is 0 Å². The molecule has 0 fully saturated rings. The van der Waals surface area contributed by atoms with Gasteiger partial charge in [0.1, 0.15) is 0 Å². The van der Waals surface area contributed by atoms with E-state index in [1.807, 2.05) is 0 Å². The van der Waals surface area contributed by atoms with Crippen LogP contribution in [0.25, 0.3) is 47.2 Å². The number of allylic oxidation sites excluding steroid dienone is 3. The smallest absolute Gasteiger partial charge is 0.0534 e. The molecule has 306 valence electrons. The van der Waals surface area contributed by atoms with Crippen LogP contribution < -0.4 is 9.80 Å². The van der Waals surface area contributed by atoms with Gasteiger partial charge in [0.05, 0.1) is 22.7 Å². The summed E-state index contributed by atoms with van der Waals surface area (Å²) in [7, 11) is 0. The Kier molecular flexibility index (Phi) is 9.09. The van der Waals surface area contributed by atoms with E-state index in [1.54, 1.807) is 0 Å². The first-order valence-electron chi connectivity index (χ1n) is 22.6. The summed E-state index contributed by atoms with van der Waals surface area (Å²) in [5.41, 5.74) is 20.0. The molecule has 12 rings (SSSR count). The van der Waals surface area contributed by atoms with Crippen LogP contribution in [0.4, 0.5) is 28.4 Å². The topological polar surface area (TPSA) is 6.48 Å². The molecule has 3 atom stereocenters. The van der Waals surface area contributed by atoms with Crippen LogP contribution in [0.1, 0.15) is 68.5 Å². The fourth-order valence-electron chi connectivity index (χ4n) is 10.9. The van der Waals surface area contributed by atoms with Crippen LogP contribution in [-0.2, 0) is 11.8 Å².